The fraction of sp³-hybridized carbons (Fsp3) is 0.188. The van der Waals surface area contributed by atoms with Crippen LogP contribution in [0.5, 0.6) is 5.75 Å². The van der Waals surface area contributed by atoms with Crippen LogP contribution >= 0.6 is 0 Å². The number of carboxylic acid groups (broad SMARTS) is 1. The Bertz CT molecular complexity index is 656. The van der Waals surface area contributed by atoms with Crippen molar-refractivity contribution in [2.24, 2.45) is 0 Å². The number of rotatable bonds is 4. The average Bonchev–Trinajstić information content (AvgIpc) is 2.37. The van der Waals surface area contributed by atoms with Crippen LogP contribution < -0.4 is 0 Å². The lowest BCUT2D eigenvalue weighted by Gasteiger charge is -2.11. The Hall–Kier alpha value is -2.29. The van der Waals surface area contributed by atoms with Gasteiger partial charge in [-0.3, -0.25) is 0 Å². The molecule has 0 unspecified atom stereocenters. The van der Waals surface area contributed by atoms with E-state index in [4.69, 9.17) is 5.11 Å². The van der Waals surface area contributed by atoms with Crippen LogP contribution in [0.4, 0.5) is 0 Å². The summed E-state index contributed by atoms with van der Waals surface area (Å²) >= 11 is 0. The highest BCUT2D eigenvalue weighted by Crippen LogP contribution is 2.32. The third-order valence-electron chi connectivity index (χ3n) is 3.15. The zero-order valence-corrected chi connectivity index (χ0v) is 10.8. The van der Waals surface area contributed by atoms with E-state index in [1.54, 1.807) is 18.2 Å². The van der Waals surface area contributed by atoms with Crippen molar-refractivity contribution in [3.8, 4) is 5.75 Å². The Morgan fingerprint density at radius 3 is 2.47 bits per heavy atom. The molecular weight excluding hydrogens is 240 g/mol. The number of aryl methyl sites for hydroxylation is 1. The number of carbonyl (C=O) groups is 1. The van der Waals surface area contributed by atoms with Crippen molar-refractivity contribution in [2.45, 2.75) is 19.8 Å². The normalized spacial score (nSPS) is 10.6. The van der Waals surface area contributed by atoms with E-state index < -0.39 is 5.97 Å². The highest BCUT2D eigenvalue weighted by atomic mass is 16.4. The first-order valence-electron chi connectivity index (χ1n) is 6.12. The summed E-state index contributed by atoms with van der Waals surface area (Å²) in [6.07, 6.45) is 1.52. The van der Waals surface area contributed by atoms with E-state index in [0.29, 0.717) is 5.39 Å². The first kappa shape index (κ1) is 13.1. The van der Waals surface area contributed by atoms with E-state index in [-0.39, 0.29) is 11.3 Å². The predicted octanol–water partition coefficient (Wildman–Crippen LogP) is 3.75. The topological polar surface area (TPSA) is 57.5 Å². The second kappa shape index (κ2) is 5.14. The van der Waals surface area contributed by atoms with Gasteiger partial charge in [-0.1, -0.05) is 29.8 Å². The van der Waals surface area contributed by atoms with E-state index >= 15 is 0 Å². The molecule has 0 heterocycles. The molecule has 0 saturated heterocycles. The van der Waals surface area contributed by atoms with Crippen LogP contribution in [0.1, 0.15) is 29.3 Å². The van der Waals surface area contributed by atoms with Gasteiger partial charge >= 0.3 is 5.97 Å². The Morgan fingerprint density at radius 2 is 1.89 bits per heavy atom. The predicted molar refractivity (Wildman–Crippen MR) is 75.7 cm³/mol. The lowest BCUT2D eigenvalue weighted by molar-refractivity contribution is 0.0694. The lowest BCUT2D eigenvalue weighted by atomic mass is 9.95. The standard InChI is InChI=1S/C16H16O3/c1-10(2)7-8-11-9-14(16(18)19)15(17)13-6-4-3-5-12(11)13/h3-6,9,17H,1,7-8H2,2H3,(H,18,19). The molecule has 0 bridgehead atoms. The maximum Gasteiger partial charge on any atom is 0.339 e. The number of fused-ring (bicyclic) bond motifs is 1. The zero-order chi connectivity index (χ0) is 14.0. The van der Waals surface area contributed by atoms with E-state index in [9.17, 15) is 9.90 Å². The van der Waals surface area contributed by atoms with Gasteiger partial charge in [0.1, 0.15) is 11.3 Å². The van der Waals surface area contributed by atoms with Crippen LogP contribution in [0.25, 0.3) is 10.8 Å². The fourth-order valence-corrected chi connectivity index (χ4v) is 2.15. The number of allylic oxidation sites excluding steroid dienone is 1. The van der Waals surface area contributed by atoms with Crippen molar-refractivity contribution in [1.82, 2.24) is 0 Å². The summed E-state index contributed by atoms with van der Waals surface area (Å²) < 4.78 is 0. The number of hydrogen-bond acceptors (Lipinski definition) is 2. The molecule has 2 aromatic carbocycles. The maximum absolute atomic E-state index is 11.2. The van der Waals surface area contributed by atoms with Gasteiger partial charge in [0.05, 0.1) is 0 Å². The monoisotopic (exact) mass is 256 g/mol. The van der Waals surface area contributed by atoms with Gasteiger partial charge in [-0.05, 0) is 36.8 Å². The highest BCUT2D eigenvalue weighted by Gasteiger charge is 2.15. The molecule has 2 rings (SSSR count). The van der Waals surface area contributed by atoms with Gasteiger partial charge in [0, 0.05) is 5.39 Å². The quantitative estimate of drug-likeness (QED) is 0.819. The first-order valence-corrected chi connectivity index (χ1v) is 6.12. The molecule has 0 saturated carbocycles. The van der Waals surface area contributed by atoms with E-state index in [1.165, 1.54) is 0 Å². The molecule has 19 heavy (non-hydrogen) atoms. The molecule has 0 spiro atoms. The molecule has 0 aliphatic carbocycles. The summed E-state index contributed by atoms with van der Waals surface area (Å²) in [5.41, 5.74) is 1.93. The molecule has 0 radical (unpaired) electrons. The van der Waals surface area contributed by atoms with Crippen LogP contribution in [0.15, 0.2) is 42.5 Å². The molecule has 0 aliphatic rings. The maximum atomic E-state index is 11.2. The molecule has 3 heteroatoms. The summed E-state index contributed by atoms with van der Waals surface area (Å²) in [4.78, 5) is 11.2. The first-order chi connectivity index (χ1) is 9.00. The second-order valence-electron chi connectivity index (χ2n) is 4.74. The summed E-state index contributed by atoms with van der Waals surface area (Å²) in [5, 5.41) is 20.6. The minimum absolute atomic E-state index is 0.0459. The van der Waals surface area contributed by atoms with Crippen LogP contribution in [0, 0.1) is 0 Å². The van der Waals surface area contributed by atoms with Crippen LogP contribution in [0.2, 0.25) is 0 Å². The van der Waals surface area contributed by atoms with Gasteiger partial charge in [-0.25, -0.2) is 4.79 Å². The van der Waals surface area contributed by atoms with Crippen LogP contribution in [-0.2, 0) is 6.42 Å². The van der Waals surface area contributed by atoms with E-state index in [1.807, 2.05) is 19.1 Å². The van der Waals surface area contributed by atoms with E-state index in [2.05, 4.69) is 6.58 Å². The minimum Gasteiger partial charge on any atom is -0.506 e. The fourth-order valence-electron chi connectivity index (χ4n) is 2.15. The van der Waals surface area contributed by atoms with Crippen molar-refractivity contribution in [3.63, 3.8) is 0 Å². The Morgan fingerprint density at radius 1 is 1.26 bits per heavy atom. The molecule has 98 valence electrons. The Labute approximate surface area is 111 Å². The lowest BCUT2D eigenvalue weighted by Crippen LogP contribution is -2.00. The summed E-state index contributed by atoms with van der Waals surface area (Å²) in [6, 6.07) is 8.86. The number of aromatic hydroxyl groups is 1. The highest BCUT2D eigenvalue weighted by molar-refractivity contribution is 6.01. The number of carboxylic acids is 1. The van der Waals surface area contributed by atoms with Gasteiger partial charge in [-0.2, -0.15) is 0 Å². The number of aromatic carboxylic acids is 1. The minimum atomic E-state index is -1.11. The zero-order valence-electron chi connectivity index (χ0n) is 10.8. The summed E-state index contributed by atoms with van der Waals surface area (Å²) in [7, 11) is 0. The van der Waals surface area contributed by atoms with Crippen molar-refractivity contribution in [2.75, 3.05) is 0 Å². The van der Waals surface area contributed by atoms with Gasteiger partial charge in [-0.15, -0.1) is 6.58 Å². The molecule has 0 fully saturated rings. The number of phenols is 1. The number of hydrogen-bond donors (Lipinski definition) is 2. The van der Waals surface area contributed by atoms with Gasteiger partial charge in [0.25, 0.3) is 0 Å². The van der Waals surface area contributed by atoms with Gasteiger partial charge < -0.3 is 10.2 Å². The molecule has 0 aromatic heterocycles. The van der Waals surface area contributed by atoms with Gasteiger partial charge in [0.15, 0.2) is 0 Å². The SMILES string of the molecule is C=C(C)CCc1cc(C(=O)O)c(O)c2ccccc12. The molecule has 2 N–H and O–H groups in total. The van der Waals surface area contributed by atoms with Gasteiger partial charge in [0.2, 0.25) is 0 Å². The Kier molecular flexibility index (Phi) is 3.56. The third kappa shape index (κ3) is 2.60. The van der Waals surface area contributed by atoms with E-state index in [0.717, 1.165) is 29.4 Å². The average molecular weight is 256 g/mol. The van der Waals surface area contributed by atoms with Crippen molar-refractivity contribution < 1.29 is 15.0 Å². The van der Waals surface area contributed by atoms with Crippen molar-refractivity contribution >= 4 is 16.7 Å². The molecule has 2 aromatic rings. The molecule has 0 aliphatic heterocycles. The van der Waals surface area contributed by atoms with Crippen molar-refractivity contribution in [1.29, 1.82) is 0 Å². The molecule has 0 atom stereocenters. The van der Waals surface area contributed by atoms with Crippen molar-refractivity contribution in [3.05, 3.63) is 53.6 Å². The third-order valence-corrected chi connectivity index (χ3v) is 3.15. The van der Waals surface area contributed by atoms with Crippen LogP contribution in [-0.4, -0.2) is 16.2 Å². The molecule has 3 nitrogen and oxygen atoms in total. The summed E-state index contributed by atoms with van der Waals surface area (Å²) in [5.74, 6) is -1.28. The van der Waals surface area contributed by atoms with Crippen LogP contribution in [0.3, 0.4) is 0 Å². The number of benzene rings is 2. The summed E-state index contributed by atoms with van der Waals surface area (Å²) in [6.45, 7) is 5.80. The molecule has 0 amide bonds. The largest absolute Gasteiger partial charge is 0.506 e. The smallest absolute Gasteiger partial charge is 0.339 e. The second-order valence-corrected chi connectivity index (χ2v) is 4.74. The Balaban J connectivity index is 2.64. The molecular formula is C16H16O3.